The maximum absolute atomic E-state index is 12.7. The van der Waals surface area contributed by atoms with E-state index in [1.807, 2.05) is 36.9 Å². The number of carbonyl (C=O) groups is 1. The standard InChI is InChI=1S/C17H20N2O3/c1-12-10-18-6-5-14(12)9-17(20)19-7-8-21-11-15(19)16-4-3-13(2)22-16/h3-6,10,15H,7-9,11H2,1-2H3/t15-/m1/s1. The summed E-state index contributed by atoms with van der Waals surface area (Å²) in [6.45, 7) is 5.51. The van der Waals surface area contributed by atoms with Crippen LogP contribution in [0.4, 0.5) is 0 Å². The van der Waals surface area contributed by atoms with E-state index >= 15 is 0 Å². The normalized spacial score (nSPS) is 18.5. The fourth-order valence-corrected chi connectivity index (χ4v) is 2.74. The lowest BCUT2D eigenvalue weighted by Gasteiger charge is -2.34. The van der Waals surface area contributed by atoms with E-state index in [1.54, 1.807) is 12.4 Å². The van der Waals surface area contributed by atoms with E-state index in [-0.39, 0.29) is 11.9 Å². The van der Waals surface area contributed by atoms with Gasteiger partial charge in [0.1, 0.15) is 17.6 Å². The number of furan rings is 1. The molecule has 0 N–H and O–H groups in total. The Kier molecular flexibility index (Phi) is 4.24. The third kappa shape index (κ3) is 3.04. The van der Waals surface area contributed by atoms with E-state index in [0.717, 1.165) is 22.6 Å². The summed E-state index contributed by atoms with van der Waals surface area (Å²) in [5, 5.41) is 0. The minimum Gasteiger partial charge on any atom is -0.464 e. The second-order valence-electron chi connectivity index (χ2n) is 5.61. The predicted molar refractivity (Wildman–Crippen MR) is 81.4 cm³/mol. The number of carbonyl (C=O) groups excluding carboxylic acids is 1. The summed E-state index contributed by atoms with van der Waals surface area (Å²) in [7, 11) is 0. The van der Waals surface area contributed by atoms with Crippen LogP contribution in [0, 0.1) is 13.8 Å². The van der Waals surface area contributed by atoms with E-state index in [4.69, 9.17) is 9.15 Å². The van der Waals surface area contributed by atoms with Crippen molar-refractivity contribution < 1.29 is 13.9 Å². The van der Waals surface area contributed by atoms with E-state index in [2.05, 4.69) is 4.98 Å². The van der Waals surface area contributed by atoms with Gasteiger partial charge in [0.05, 0.1) is 19.6 Å². The molecule has 2 aromatic rings. The van der Waals surface area contributed by atoms with Crippen LogP contribution in [0.25, 0.3) is 0 Å². The van der Waals surface area contributed by atoms with E-state index in [1.165, 1.54) is 0 Å². The Morgan fingerprint density at radius 2 is 2.23 bits per heavy atom. The number of morpholine rings is 1. The monoisotopic (exact) mass is 300 g/mol. The predicted octanol–water partition coefficient (Wildman–Crippen LogP) is 2.43. The van der Waals surface area contributed by atoms with Gasteiger partial charge < -0.3 is 14.1 Å². The first-order valence-corrected chi connectivity index (χ1v) is 7.48. The van der Waals surface area contributed by atoms with E-state index in [9.17, 15) is 4.79 Å². The number of pyridine rings is 1. The molecule has 1 aliphatic heterocycles. The van der Waals surface area contributed by atoms with Crippen molar-refractivity contribution in [1.29, 1.82) is 0 Å². The van der Waals surface area contributed by atoms with Gasteiger partial charge in [-0.1, -0.05) is 0 Å². The van der Waals surface area contributed by atoms with Crippen LogP contribution in [0.1, 0.15) is 28.7 Å². The van der Waals surface area contributed by atoms with Gasteiger partial charge in [0.2, 0.25) is 5.91 Å². The lowest BCUT2D eigenvalue weighted by Crippen LogP contribution is -2.44. The fourth-order valence-electron chi connectivity index (χ4n) is 2.74. The molecule has 0 spiro atoms. The molecule has 0 unspecified atom stereocenters. The number of rotatable bonds is 3. The van der Waals surface area contributed by atoms with Crippen LogP contribution < -0.4 is 0 Å². The van der Waals surface area contributed by atoms with Crippen molar-refractivity contribution in [3.8, 4) is 0 Å². The Labute approximate surface area is 129 Å². The lowest BCUT2D eigenvalue weighted by atomic mass is 10.1. The number of ether oxygens (including phenoxy) is 1. The van der Waals surface area contributed by atoms with Crippen molar-refractivity contribution >= 4 is 5.91 Å². The van der Waals surface area contributed by atoms with Crippen molar-refractivity contribution in [1.82, 2.24) is 9.88 Å². The summed E-state index contributed by atoms with van der Waals surface area (Å²) >= 11 is 0. The SMILES string of the molecule is Cc1ccc([C@H]2COCCN2C(=O)Cc2ccncc2C)o1. The number of hydrogen-bond donors (Lipinski definition) is 0. The van der Waals surface area contributed by atoms with Gasteiger partial charge in [0.15, 0.2) is 0 Å². The average Bonchev–Trinajstić information content (AvgIpc) is 2.96. The van der Waals surface area contributed by atoms with Gasteiger partial charge in [-0.3, -0.25) is 9.78 Å². The summed E-state index contributed by atoms with van der Waals surface area (Å²) in [5.41, 5.74) is 2.05. The van der Waals surface area contributed by atoms with Crippen molar-refractivity contribution in [2.75, 3.05) is 19.8 Å². The second kappa shape index (κ2) is 6.32. The van der Waals surface area contributed by atoms with Gasteiger partial charge in [-0.05, 0) is 43.2 Å². The van der Waals surface area contributed by atoms with Crippen LogP contribution in [-0.2, 0) is 16.0 Å². The van der Waals surface area contributed by atoms with Gasteiger partial charge in [-0.15, -0.1) is 0 Å². The second-order valence-corrected chi connectivity index (χ2v) is 5.61. The summed E-state index contributed by atoms with van der Waals surface area (Å²) in [4.78, 5) is 18.7. The molecule has 1 fully saturated rings. The Balaban J connectivity index is 1.78. The van der Waals surface area contributed by atoms with Crippen LogP contribution in [0.5, 0.6) is 0 Å². The van der Waals surface area contributed by atoms with Gasteiger partial charge >= 0.3 is 0 Å². The Bertz CT molecular complexity index is 665. The van der Waals surface area contributed by atoms with Gasteiger partial charge in [0, 0.05) is 18.9 Å². The first-order valence-electron chi connectivity index (χ1n) is 7.48. The molecular weight excluding hydrogens is 280 g/mol. The van der Waals surface area contributed by atoms with Crippen LogP contribution in [-0.4, -0.2) is 35.5 Å². The van der Waals surface area contributed by atoms with Crippen LogP contribution >= 0.6 is 0 Å². The highest BCUT2D eigenvalue weighted by Crippen LogP contribution is 2.26. The third-order valence-corrected chi connectivity index (χ3v) is 4.02. The van der Waals surface area contributed by atoms with Gasteiger partial charge in [-0.25, -0.2) is 0 Å². The molecule has 116 valence electrons. The molecule has 3 heterocycles. The molecule has 1 saturated heterocycles. The smallest absolute Gasteiger partial charge is 0.227 e. The molecular formula is C17H20N2O3. The maximum atomic E-state index is 12.7. The first kappa shape index (κ1) is 14.8. The topological polar surface area (TPSA) is 55.6 Å². The number of aromatic nitrogens is 1. The minimum atomic E-state index is -0.142. The Morgan fingerprint density at radius 3 is 2.95 bits per heavy atom. The van der Waals surface area contributed by atoms with Crippen molar-refractivity contribution in [2.24, 2.45) is 0 Å². The quantitative estimate of drug-likeness (QED) is 0.873. The maximum Gasteiger partial charge on any atom is 0.227 e. The van der Waals surface area contributed by atoms with Gasteiger partial charge in [-0.2, -0.15) is 0 Å². The number of nitrogens with zero attached hydrogens (tertiary/aromatic N) is 2. The molecule has 0 bridgehead atoms. The van der Waals surface area contributed by atoms with Crippen molar-refractivity contribution in [3.05, 3.63) is 53.2 Å². The zero-order valence-electron chi connectivity index (χ0n) is 12.9. The summed E-state index contributed by atoms with van der Waals surface area (Å²) in [5.74, 6) is 1.73. The molecule has 0 aromatic carbocycles. The summed E-state index contributed by atoms with van der Waals surface area (Å²) < 4.78 is 11.2. The molecule has 3 rings (SSSR count). The highest BCUT2D eigenvalue weighted by Gasteiger charge is 2.30. The lowest BCUT2D eigenvalue weighted by molar-refractivity contribution is -0.140. The number of aryl methyl sites for hydroxylation is 2. The molecule has 0 saturated carbocycles. The van der Waals surface area contributed by atoms with Crippen LogP contribution in [0.2, 0.25) is 0 Å². The van der Waals surface area contributed by atoms with Crippen LogP contribution in [0.15, 0.2) is 35.0 Å². The number of hydrogen-bond acceptors (Lipinski definition) is 4. The summed E-state index contributed by atoms with van der Waals surface area (Å²) in [6.07, 6.45) is 3.89. The summed E-state index contributed by atoms with van der Waals surface area (Å²) in [6, 6.07) is 5.60. The largest absolute Gasteiger partial charge is 0.464 e. The average molecular weight is 300 g/mol. The first-order chi connectivity index (χ1) is 10.6. The molecule has 0 radical (unpaired) electrons. The molecule has 22 heavy (non-hydrogen) atoms. The number of amides is 1. The van der Waals surface area contributed by atoms with Gasteiger partial charge in [0.25, 0.3) is 0 Å². The fraction of sp³-hybridized carbons (Fsp3) is 0.412. The molecule has 2 aromatic heterocycles. The van der Waals surface area contributed by atoms with Crippen LogP contribution in [0.3, 0.4) is 0 Å². The third-order valence-electron chi connectivity index (χ3n) is 4.02. The molecule has 1 amide bonds. The zero-order chi connectivity index (χ0) is 15.5. The molecule has 0 aliphatic carbocycles. The zero-order valence-corrected chi connectivity index (χ0v) is 12.9. The highest BCUT2D eigenvalue weighted by atomic mass is 16.5. The minimum absolute atomic E-state index is 0.0941. The highest BCUT2D eigenvalue weighted by molar-refractivity contribution is 5.79. The van der Waals surface area contributed by atoms with Crippen molar-refractivity contribution in [3.63, 3.8) is 0 Å². The molecule has 1 atom stereocenters. The molecule has 5 nitrogen and oxygen atoms in total. The van der Waals surface area contributed by atoms with E-state index < -0.39 is 0 Å². The Morgan fingerprint density at radius 1 is 1.36 bits per heavy atom. The Hall–Kier alpha value is -2.14. The van der Waals surface area contributed by atoms with Crippen molar-refractivity contribution in [2.45, 2.75) is 26.3 Å². The van der Waals surface area contributed by atoms with E-state index in [0.29, 0.717) is 26.2 Å². The molecule has 1 aliphatic rings. The molecule has 5 heteroatoms.